The van der Waals surface area contributed by atoms with E-state index in [0.717, 1.165) is 25.1 Å². The third kappa shape index (κ3) is 3.67. The molecule has 0 aliphatic carbocycles. The van der Waals surface area contributed by atoms with E-state index in [9.17, 15) is 8.78 Å². The third-order valence-electron chi connectivity index (χ3n) is 2.41. The van der Waals surface area contributed by atoms with Crippen molar-refractivity contribution in [3.05, 3.63) is 40.6 Å². The number of halogens is 3. The molecule has 20 heavy (non-hydrogen) atoms. The molecule has 2 rings (SSSR count). The van der Waals surface area contributed by atoms with Crippen LogP contribution < -0.4 is 5.32 Å². The lowest BCUT2D eigenvalue weighted by Crippen LogP contribution is -2.03. The van der Waals surface area contributed by atoms with Gasteiger partial charge in [0, 0.05) is 11.4 Å². The molecule has 0 saturated carbocycles. The molecular formula is C13H12BrF2N3S. The number of anilines is 1. The van der Waals surface area contributed by atoms with Crippen molar-refractivity contribution in [2.45, 2.75) is 23.3 Å². The smallest absolute Gasteiger partial charge is 0.159 e. The summed E-state index contributed by atoms with van der Waals surface area (Å²) in [6, 6.07) is 3.76. The molecule has 0 atom stereocenters. The maximum absolute atomic E-state index is 13.2. The Morgan fingerprint density at radius 3 is 2.75 bits per heavy atom. The van der Waals surface area contributed by atoms with Crippen LogP contribution >= 0.6 is 27.7 Å². The van der Waals surface area contributed by atoms with Crippen LogP contribution in [0.1, 0.15) is 13.3 Å². The van der Waals surface area contributed by atoms with E-state index in [1.165, 1.54) is 24.2 Å². The summed E-state index contributed by atoms with van der Waals surface area (Å²) in [5.74, 6) is -1.04. The van der Waals surface area contributed by atoms with Gasteiger partial charge in [0.05, 0.1) is 4.47 Å². The molecule has 0 saturated heterocycles. The number of nitrogens with zero attached hydrogens (tertiary/aromatic N) is 2. The van der Waals surface area contributed by atoms with Gasteiger partial charge in [-0.25, -0.2) is 18.7 Å². The third-order valence-corrected chi connectivity index (χ3v) is 4.41. The van der Waals surface area contributed by atoms with Crippen molar-refractivity contribution in [2.24, 2.45) is 0 Å². The summed E-state index contributed by atoms with van der Waals surface area (Å²) >= 11 is 4.67. The molecular weight excluding hydrogens is 348 g/mol. The van der Waals surface area contributed by atoms with E-state index in [0.29, 0.717) is 20.2 Å². The first-order chi connectivity index (χ1) is 9.61. The highest BCUT2D eigenvalue weighted by molar-refractivity contribution is 9.10. The first-order valence-corrected chi connectivity index (χ1v) is 7.60. The largest absolute Gasteiger partial charge is 0.369 e. The number of nitrogens with one attached hydrogen (secondary N) is 1. The quantitative estimate of drug-likeness (QED) is 0.798. The Balaban J connectivity index is 2.22. The normalized spacial score (nSPS) is 10.6. The van der Waals surface area contributed by atoms with E-state index in [1.807, 2.05) is 0 Å². The van der Waals surface area contributed by atoms with Gasteiger partial charge in [-0.15, -0.1) is 0 Å². The molecule has 0 spiro atoms. The van der Waals surface area contributed by atoms with Crippen molar-refractivity contribution in [1.29, 1.82) is 0 Å². The van der Waals surface area contributed by atoms with Crippen molar-refractivity contribution in [1.82, 2.24) is 9.97 Å². The standard InChI is InChI=1S/C13H12BrF2N3S/c1-2-5-17-12-11(14)13(19-7-18-12)20-8-3-4-9(15)10(16)6-8/h3-4,6-7H,2,5H2,1H3,(H,17,18,19). The summed E-state index contributed by atoms with van der Waals surface area (Å²) in [6.07, 6.45) is 2.41. The van der Waals surface area contributed by atoms with Crippen molar-refractivity contribution in [3.63, 3.8) is 0 Å². The van der Waals surface area contributed by atoms with Gasteiger partial charge in [-0.2, -0.15) is 0 Å². The molecule has 0 aliphatic heterocycles. The van der Waals surface area contributed by atoms with Crippen LogP contribution in [-0.4, -0.2) is 16.5 Å². The molecule has 1 aromatic carbocycles. The predicted molar refractivity (Wildman–Crippen MR) is 79.0 cm³/mol. The molecule has 7 heteroatoms. The van der Waals surface area contributed by atoms with Crippen LogP contribution in [0.3, 0.4) is 0 Å². The monoisotopic (exact) mass is 359 g/mol. The molecule has 0 fully saturated rings. The van der Waals surface area contributed by atoms with Crippen molar-refractivity contribution in [2.75, 3.05) is 11.9 Å². The average Bonchev–Trinajstić information content (AvgIpc) is 2.44. The van der Waals surface area contributed by atoms with Crippen LogP contribution in [0.5, 0.6) is 0 Å². The summed E-state index contributed by atoms with van der Waals surface area (Å²) in [5.41, 5.74) is 0. The Morgan fingerprint density at radius 1 is 1.25 bits per heavy atom. The maximum Gasteiger partial charge on any atom is 0.159 e. The highest BCUT2D eigenvalue weighted by atomic mass is 79.9. The fourth-order valence-electron chi connectivity index (χ4n) is 1.44. The van der Waals surface area contributed by atoms with Crippen LogP contribution in [0.25, 0.3) is 0 Å². The Hall–Kier alpha value is -1.21. The maximum atomic E-state index is 13.2. The lowest BCUT2D eigenvalue weighted by molar-refractivity contribution is 0.506. The minimum atomic E-state index is -0.871. The van der Waals surface area contributed by atoms with E-state index in [-0.39, 0.29) is 0 Å². The zero-order chi connectivity index (χ0) is 14.5. The van der Waals surface area contributed by atoms with E-state index < -0.39 is 11.6 Å². The first kappa shape index (κ1) is 15.2. The molecule has 2 aromatic rings. The van der Waals surface area contributed by atoms with Gasteiger partial charge >= 0.3 is 0 Å². The van der Waals surface area contributed by atoms with Crippen molar-refractivity contribution < 1.29 is 8.78 Å². The lowest BCUT2D eigenvalue weighted by atomic mass is 10.3. The fourth-order valence-corrected chi connectivity index (χ4v) is 2.84. The molecule has 0 radical (unpaired) electrons. The summed E-state index contributed by atoms with van der Waals surface area (Å²) in [7, 11) is 0. The molecule has 1 aromatic heterocycles. The topological polar surface area (TPSA) is 37.8 Å². The molecule has 0 unspecified atom stereocenters. The SMILES string of the molecule is CCCNc1ncnc(Sc2ccc(F)c(F)c2)c1Br. The summed E-state index contributed by atoms with van der Waals surface area (Å²) in [4.78, 5) is 8.85. The zero-order valence-corrected chi connectivity index (χ0v) is 13.1. The molecule has 106 valence electrons. The summed E-state index contributed by atoms with van der Waals surface area (Å²) < 4.78 is 26.8. The van der Waals surface area contributed by atoms with E-state index in [1.54, 1.807) is 0 Å². The fraction of sp³-hybridized carbons (Fsp3) is 0.231. The van der Waals surface area contributed by atoms with Gasteiger partial charge in [0.1, 0.15) is 17.2 Å². The van der Waals surface area contributed by atoms with Gasteiger partial charge < -0.3 is 5.32 Å². The van der Waals surface area contributed by atoms with Crippen molar-refractivity contribution >= 4 is 33.5 Å². The van der Waals surface area contributed by atoms with Gasteiger partial charge in [0.25, 0.3) is 0 Å². The minimum Gasteiger partial charge on any atom is -0.369 e. The van der Waals surface area contributed by atoms with Crippen LogP contribution in [0.4, 0.5) is 14.6 Å². The molecule has 1 N–H and O–H groups in total. The van der Waals surface area contributed by atoms with Gasteiger partial charge in [0.2, 0.25) is 0 Å². The van der Waals surface area contributed by atoms with E-state index in [4.69, 9.17) is 0 Å². The second-order valence-electron chi connectivity index (χ2n) is 3.95. The number of hydrogen-bond acceptors (Lipinski definition) is 4. The molecule has 1 heterocycles. The van der Waals surface area contributed by atoms with E-state index >= 15 is 0 Å². The van der Waals surface area contributed by atoms with Crippen molar-refractivity contribution in [3.8, 4) is 0 Å². The van der Waals surface area contributed by atoms with Crippen LogP contribution in [-0.2, 0) is 0 Å². The van der Waals surface area contributed by atoms with Crippen LogP contribution in [0.2, 0.25) is 0 Å². The highest BCUT2D eigenvalue weighted by Crippen LogP contribution is 2.35. The Bertz CT molecular complexity index is 610. The van der Waals surface area contributed by atoms with Crippen LogP contribution in [0.15, 0.2) is 38.9 Å². The Kier molecular flexibility index (Phi) is 5.31. The summed E-state index contributed by atoms with van der Waals surface area (Å²) in [6.45, 7) is 2.85. The first-order valence-electron chi connectivity index (χ1n) is 5.99. The van der Waals surface area contributed by atoms with Gasteiger partial charge in [-0.3, -0.25) is 0 Å². The molecule has 0 bridgehead atoms. The highest BCUT2D eigenvalue weighted by Gasteiger charge is 2.11. The molecule has 0 aliphatic rings. The lowest BCUT2D eigenvalue weighted by Gasteiger charge is -2.09. The minimum absolute atomic E-state index is 0.574. The second kappa shape index (κ2) is 6.99. The Morgan fingerprint density at radius 2 is 2.05 bits per heavy atom. The number of aromatic nitrogens is 2. The van der Waals surface area contributed by atoms with Gasteiger partial charge in [-0.05, 0) is 40.5 Å². The zero-order valence-electron chi connectivity index (χ0n) is 10.7. The van der Waals surface area contributed by atoms with Gasteiger partial charge in [-0.1, -0.05) is 18.7 Å². The number of rotatable bonds is 5. The average molecular weight is 360 g/mol. The molecule has 3 nitrogen and oxygen atoms in total. The molecule has 0 amide bonds. The second-order valence-corrected chi connectivity index (χ2v) is 5.80. The predicted octanol–water partition coefficient (Wildman–Crippen LogP) is 4.49. The summed E-state index contributed by atoms with van der Waals surface area (Å²) in [5, 5.41) is 3.81. The number of hydrogen-bond donors (Lipinski definition) is 1. The van der Waals surface area contributed by atoms with Crippen LogP contribution in [0, 0.1) is 11.6 Å². The van der Waals surface area contributed by atoms with Gasteiger partial charge in [0.15, 0.2) is 11.6 Å². The van der Waals surface area contributed by atoms with E-state index in [2.05, 4.69) is 38.1 Å². The Labute approximate surface area is 128 Å². The number of benzene rings is 1.